The topological polar surface area (TPSA) is 50.1 Å². The van der Waals surface area contributed by atoms with Crippen LogP contribution in [0, 0.1) is 16.7 Å². The van der Waals surface area contributed by atoms with Gasteiger partial charge in [0.25, 0.3) is 0 Å². The molecular formula is C17H22BrNO2. The normalized spacial score (nSPS) is 14.3. The van der Waals surface area contributed by atoms with Crippen LogP contribution in [0.3, 0.4) is 0 Å². The second kappa shape index (κ2) is 7.20. The SMILES string of the molecule is CC(=O)C(C)(CCOCC(C)(C)C#N)c1cccc(Br)c1. The number of benzene rings is 1. The predicted molar refractivity (Wildman–Crippen MR) is 87.0 cm³/mol. The average Bonchev–Trinajstić information content (AvgIpc) is 2.43. The highest BCUT2D eigenvalue weighted by atomic mass is 79.9. The predicted octanol–water partition coefficient (Wildman–Crippen LogP) is 4.25. The zero-order valence-electron chi connectivity index (χ0n) is 13.1. The lowest BCUT2D eigenvalue weighted by Gasteiger charge is -2.28. The number of hydrogen-bond donors (Lipinski definition) is 0. The molecule has 4 heteroatoms. The van der Waals surface area contributed by atoms with Crippen molar-refractivity contribution < 1.29 is 9.53 Å². The van der Waals surface area contributed by atoms with Crippen LogP contribution in [0.1, 0.15) is 39.7 Å². The smallest absolute Gasteiger partial charge is 0.140 e. The molecule has 114 valence electrons. The summed E-state index contributed by atoms with van der Waals surface area (Å²) in [5.74, 6) is 0.115. The van der Waals surface area contributed by atoms with Crippen molar-refractivity contribution in [3.8, 4) is 6.07 Å². The van der Waals surface area contributed by atoms with Gasteiger partial charge in [-0.1, -0.05) is 28.1 Å². The summed E-state index contributed by atoms with van der Waals surface area (Å²) >= 11 is 3.44. The molecule has 3 nitrogen and oxygen atoms in total. The number of hydrogen-bond acceptors (Lipinski definition) is 3. The van der Waals surface area contributed by atoms with Gasteiger partial charge < -0.3 is 4.74 Å². The Hall–Kier alpha value is -1.18. The van der Waals surface area contributed by atoms with Gasteiger partial charge in [-0.3, -0.25) is 4.79 Å². The van der Waals surface area contributed by atoms with Crippen LogP contribution < -0.4 is 0 Å². The molecule has 1 aromatic rings. The highest BCUT2D eigenvalue weighted by Gasteiger charge is 2.32. The maximum Gasteiger partial charge on any atom is 0.140 e. The molecule has 0 saturated carbocycles. The van der Waals surface area contributed by atoms with E-state index in [2.05, 4.69) is 22.0 Å². The van der Waals surface area contributed by atoms with Crippen molar-refractivity contribution in [2.75, 3.05) is 13.2 Å². The van der Waals surface area contributed by atoms with Crippen LogP contribution in [0.25, 0.3) is 0 Å². The molecule has 21 heavy (non-hydrogen) atoms. The molecule has 0 radical (unpaired) electrons. The van der Waals surface area contributed by atoms with Crippen molar-refractivity contribution in [3.05, 3.63) is 34.3 Å². The summed E-state index contributed by atoms with van der Waals surface area (Å²) in [6, 6.07) is 10.0. The Balaban J connectivity index is 2.75. The third kappa shape index (κ3) is 4.94. The average molecular weight is 352 g/mol. The monoisotopic (exact) mass is 351 g/mol. The van der Waals surface area contributed by atoms with Gasteiger partial charge in [-0.2, -0.15) is 5.26 Å². The van der Waals surface area contributed by atoms with E-state index in [9.17, 15) is 4.79 Å². The molecule has 0 spiro atoms. The molecule has 0 fully saturated rings. The van der Waals surface area contributed by atoms with Gasteiger partial charge in [-0.05, 0) is 51.8 Å². The molecule has 1 unspecified atom stereocenters. The van der Waals surface area contributed by atoms with Gasteiger partial charge in [-0.25, -0.2) is 0 Å². The first-order chi connectivity index (χ1) is 9.71. The van der Waals surface area contributed by atoms with Crippen LogP contribution in [0.15, 0.2) is 28.7 Å². The minimum absolute atomic E-state index is 0.115. The molecule has 0 bridgehead atoms. The standard InChI is InChI=1S/C17H22BrNO2/c1-13(20)17(4,14-6-5-7-15(18)10-14)8-9-21-12-16(2,3)11-19/h5-7,10H,8-9,12H2,1-4H3. The highest BCUT2D eigenvalue weighted by molar-refractivity contribution is 9.10. The van der Waals surface area contributed by atoms with Crippen molar-refractivity contribution in [2.24, 2.45) is 5.41 Å². The number of halogens is 1. The van der Waals surface area contributed by atoms with E-state index in [0.29, 0.717) is 19.6 Å². The van der Waals surface area contributed by atoms with Crippen molar-refractivity contribution in [1.29, 1.82) is 5.26 Å². The van der Waals surface area contributed by atoms with E-state index in [1.165, 1.54) is 0 Å². The van der Waals surface area contributed by atoms with Crippen LogP contribution in [-0.2, 0) is 14.9 Å². The summed E-state index contributed by atoms with van der Waals surface area (Å²) in [5.41, 5.74) is -0.0873. The number of ketones is 1. The van der Waals surface area contributed by atoms with E-state index in [-0.39, 0.29) is 5.78 Å². The summed E-state index contributed by atoms with van der Waals surface area (Å²) in [6.07, 6.45) is 0.598. The van der Waals surface area contributed by atoms with E-state index in [1.807, 2.05) is 45.0 Å². The quantitative estimate of drug-likeness (QED) is 0.689. The Morgan fingerprint density at radius 2 is 2.05 bits per heavy atom. The number of nitriles is 1. The zero-order chi connectivity index (χ0) is 16.1. The minimum atomic E-state index is -0.569. The van der Waals surface area contributed by atoms with Gasteiger partial charge >= 0.3 is 0 Å². The van der Waals surface area contributed by atoms with Crippen molar-refractivity contribution >= 4 is 21.7 Å². The van der Waals surface area contributed by atoms with E-state index in [1.54, 1.807) is 6.92 Å². The zero-order valence-corrected chi connectivity index (χ0v) is 14.7. The summed E-state index contributed by atoms with van der Waals surface area (Å²) in [6.45, 7) is 8.05. The lowest BCUT2D eigenvalue weighted by Crippen LogP contribution is -2.32. The van der Waals surface area contributed by atoms with Crippen LogP contribution in [0.4, 0.5) is 0 Å². The lowest BCUT2D eigenvalue weighted by molar-refractivity contribution is -0.122. The molecule has 0 saturated heterocycles. The molecule has 0 N–H and O–H groups in total. The maximum atomic E-state index is 12.1. The summed E-state index contributed by atoms with van der Waals surface area (Å²) < 4.78 is 6.56. The van der Waals surface area contributed by atoms with E-state index < -0.39 is 10.8 Å². The molecule has 1 atom stereocenters. The van der Waals surface area contributed by atoms with Crippen LogP contribution in [0.5, 0.6) is 0 Å². The van der Waals surface area contributed by atoms with Gasteiger partial charge in [-0.15, -0.1) is 0 Å². The summed E-state index contributed by atoms with van der Waals surface area (Å²) in [7, 11) is 0. The highest BCUT2D eigenvalue weighted by Crippen LogP contribution is 2.31. The number of nitrogens with zero attached hydrogens (tertiary/aromatic N) is 1. The number of ether oxygens (including phenoxy) is 1. The molecule has 0 aliphatic carbocycles. The lowest BCUT2D eigenvalue weighted by atomic mass is 9.76. The first kappa shape index (κ1) is 17.9. The van der Waals surface area contributed by atoms with Gasteiger partial charge in [0.1, 0.15) is 5.78 Å². The van der Waals surface area contributed by atoms with Gasteiger partial charge in [0.05, 0.1) is 23.5 Å². The van der Waals surface area contributed by atoms with E-state index >= 15 is 0 Å². The Morgan fingerprint density at radius 3 is 2.57 bits per heavy atom. The van der Waals surface area contributed by atoms with Crippen molar-refractivity contribution in [3.63, 3.8) is 0 Å². The molecule has 0 aromatic heterocycles. The van der Waals surface area contributed by atoms with Gasteiger partial charge in [0.15, 0.2) is 0 Å². The largest absolute Gasteiger partial charge is 0.380 e. The van der Waals surface area contributed by atoms with E-state index in [0.717, 1.165) is 10.0 Å². The van der Waals surface area contributed by atoms with Crippen molar-refractivity contribution in [1.82, 2.24) is 0 Å². The second-order valence-corrected chi connectivity index (χ2v) is 7.11. The third-order valence-corrected chi connectivity index (χ3v) is 4.24. The number of carbonyl (C=O) groups excluding carboxylic acids is 1. The first-order valence-electron chi connectivity index (χ1n) is 6.97. The second-order valence-electron chi connectivity index (χ2n) is 6.20. The Morgan fingerprint density at radius 1 is 1.38 bits per heavy atom. The van der Waals surface area contributed by atoms with Crippen LogP contribution in [-0.4, -0.2) is 19.0 Å². The molecular weight excluding hydrogens is 330 g/mol. The fraction of sp³-hybridized carbons (Fsp3) is 0.529. The molecule has 0 aliphatic rings. The Bertz CT molecular complexity index is 548. The molecule has 0 aliphatic heterocycles. The summed E-state index contributed by atoms with van der Waals surface area (Å²) in [5, 5.41) is 8.96. The fourth-order valence-electron chi connectivity index (χ4n) is 1.99. The van der Waals surface area contributed by atoms with Crippen molar-refractivity contribution in [2.45, 2.75) is 39.5 Å². The van der Waals surface area contributed by atoms with E-state index in [4.69, 9.17) is 10.00 Å². The summed E-state index contributed by atoms with van der Waals surface area (Å²) in [4.78, 5) is 12.1. The van der Waals surface area contributed by atoms with Crippen LogP contribution >= 0.6 is 15.9 Å². The fourth-order valence-corrected chi connectivity index (χ4v) is 2.39. The Kier molecular flexibility index (Phi) is 6.12. The molecule has 1 rings (SSSR count). The molecule has 0 heterocycles. The number of rotatable bonds is 7. The minimum Gasteiger partial charge on any atom is -0.380 e. The third-order valence-electron chi connectivity index (χ3n) is 3.75. The number of carbonyl (C=O) groups is 1. The molecule has 0 amide bonds. The van der Waals surface area contributed by atoms with Crippen LogP contribution in [0.2, 0.25) is 0 Å². The van der Waals surface area contributed by atoms with Gasteiger partial charge in [0.2, 0.25) is 0 Å². The Labute approximate surface area is 135 Å². The maximum absolute atomic E-state index is 12.1. The molecule has 1 aromatic carbocycles. The van der Waals surface area contributed by atoms with Gasteiger partial charge in [0, 0.05) is 11.1 Å². The number of Topliss-reactive ketones (excluding diaryl/α,β-unsaturated/α-hetero) is 1. The first-order valence-corrected chi connectivity index (χ1v) is 7.77.